The van der Waals surface area contributed by atoms with Crippen LogP contribution in [0, 0.1) is 0 Å². The molecule has 132 valence electrons. The van der Waals surface area contributed by atoms with E-state index in [2.05, 4.69) is 102 Å². The van der Waals surface area contributed by atoms with Gasteiger partial charge in [-0.1, -0.05) is 78.9 Å². The van der Waals surface area contributed by atoms with E-state index in [0.717, 1.165) is 13.0 Å². The van der Waals surface area contributed by atoms with Crippen LogP contribution < -0.4 is 28.5 Å². The minimum Gasteiger partial charge on any atom is -1.00 e. The maximum Gasteiger partial charge on any atom is 0.193 e. The van der Waals surface area contributed by atoms with Gasteiger partial charge in [0.05, 0.1) is 6.42 Å². The van der Waals surface area contributed by atoms with Gasteiger partial charge < -0.3 is 24.0 Å². The summed E-state index contributed by atoms with van der Waals surface area (Å²) in [7, 11) is 0. The fourth-order valence-corrected chi connectivity index (χ4v) is 3.23. The third kappa shape index (κ3) is 4.82. The van der Waals surface area contributed by atoms with Crippen molar-refractivity contribution in [2.24, 2.45) is 0 Å². The number of fused-ring (bicyclic) bond motifs is 1. The first-order valence-electron chi connectivity index (χ1n) is 8.38. The minimum absolute atomic E-state index is 0. The Morgan fingerprint density at radius 2 is 1.19 bits per heavy atom. The quantitative estimate of drug-likeness (QED) is 0.265. The molecule has 26 heavy (non-hydrogen) atoms. The van der Waals surface area contributed by atoms with Gasteiger partial charge in [0.25, 0.3) is 0 Å². The molecule has 0 radical (unpaired) electrons. The molecular formula is C23H21I2N. The van der Waals surface area contributed by atoms with E-state index in [9.17, 15) is 0 Å². The van der Waals surface area contributed by atoms with Crippen molar-refractivity contribution in [3.63, 3.8) is 0 Å². The topological polar surface area (TPSA) is 3.88 Å². The van der Waals surface area contributed by atoms with E-state index in [1.807, 2.05) is 0 Å². The molecule has 4 aromatic rings. The molecule has 0 unspecified atom stereocenters. The summed E-state index contributed by atoms with van der Waals surface area (Å²) in [6.07, 6.45) is 3.16. The fraction of sp³-hybridized carbons (Fsp3) is 0.0870. The Kier molecular flexibility index (Phi) is 8.03. The van der Waals surface area contributed by atoms with Gasteiger partial charge in [-0.05, 0) is 17.0 Å². The Bertz CT molecular complexity index is 953. The fourth-order valence-electron chi connectivity index (χ4n) is 3.23. The van der Waals surface area contributed by atoms with E-state index in [0.29, 0.717) is 0 Å². The second-order valence-electron chi connectivity index (χ2n) is 6.13. The maximum atomic E-state index is 2.38. The van der Waals surface area contributed by atoms with Crippen LogP contribution in [0.15, 0.2) is 97.2 Å². The molecule has 0 amide bonds. The van der Waals surface area contributed by atoms with Crippen LogP contribution in [0.3, 0.4) is 0 Å². The van der Waals surface area contributed by atoms with Crippen LogP contribution in [0.4, 0.5) is 0 Å². The molecule has 0 saturated carbocycles. The van der Waals surface area contributed by atoms with Gasteiger partial charge in [0.15, 0.2) is 18.4 Å². The van der Waals surface area contributed by atoms with Crippen molar-refractivity contribution < 1.29 is 28.5 Å². The number of hydrogen-bond acceptors (Lipinski definition) is 0. The van der Waals surface area contributed by atoms with Crippen molar-refractivity contribution in [2.75, 3.05) is 0 Å². The zero-order valence-electron chi connectivity index (χ0n) is 14.4. The van der Waals surface area contributed by atoms with Gasteiger partial charge in [0.2, 0.25) is 0 Å². The number of halogens is 2. The molecule has 1 aromatic heterocycles. The van der Waals surface area contributed by atoms with Crippen molar-refractivity contribution in [1.29, 1.82) is 0 Å². The highest BCUT2D eigenvalue weighted by Gasteiger charge is 2.16. The monoisotopic (exact) mass is 565 g/mol. The molecule has 1 heterocycles. The van der Waals surface area contributed by atoms with Crippen molar-refractivity contribution in [3.05, 3.63) is 114 Å². The maximum absolute atomic E-state index is 2.38. The van der Waals surface area contributed by atoms with Crippen LogP contribution in [0.2, 0.25) is 0 Å². The Labute approximate surface area is 189 Å². The summed E-state index contributed by atoms with van der Waals surface area (Å²) in [6.45, 7) is 0.897. The van der Waals surface area contributed by atoms with Crippen molar-refractivity contribution in [2.45, 2.75) is 13.0 Å². The number of benzene rings is 3. The lowest BCUT2D eigenvalue weighted by Crippen LogP contribution is -3.00. The van der Waals surface area contributed by atoms with Crippen LogP contribution >= 0.6 is 24.0 Å². The number of nitrogens with zero attached hydrogens (tertiary/aromatic N) is 1. The van der Waals surface area contributed by atoms with E-state index in [4.69, 9.17) is 0 Å². The van der Waals surface area contributed by atoms with Crippen molar-refractivity contribution in [3.8, 4) is 0 Å². The second-order valence-corrected chi connectivity index (χ2v) is 6.13. The summed E-state index contributed by atoms with van der Waals surface area (Å²) in [5.74, 6) is 0. The van der Waals surface area contributed by atoms with Gasteiger partial charge in [-0.15, -0.1) is 24.0 Å². The lowest BCUT2D eigenvalue weighted by molar-refractivity contribution is -0.693. The van der Waals surface area contributed by atoms with Crippen LogP contribution in [0.5, 0.6) is 0 Å². The van der Waals surface area contributed by atoms with Crippen molar-refractivity contribution in [1.82, 2.24) is 0 Å². The zero-order valence-corrected chi connectivity index (χ0v) is 18.9. The predicted octanol–water partition coefficient (Wildman–Crippen LogP) is 2.39. The van der Waals surface area contributed by atoms with Gasteiger partial charge in [-0.3, -0.25) is 0 Å². The summed E-state index contributed by atoms with van der Waals surface area (Å²) in [6, 6.07) is 32.2. The van der Waals surface area contributed by atoms with Crippen molar-refractivity contribution >= 4 is 34.7 Å². The molecule has 0 saturated heterocycles. The molecule has 0 spiro atoms. The van der Waals surface area contributed by atoms with E-state index >= 15 is 0 Å². The first kappa shape index (κ1) is 20.8. The molecule has 0 aliphatic rings. The Hall–Kier alpha value is -1.47. The second kappa shape index (κ2) is 10.0. The van der Waals surface area contributed by atoms with Crippen LogP contribution in [0.1, 0.15) is 16.8 Å². The van der Waals surface area contributed by atoms with Gasteiger partial charge in [-0.2, -0.15) is 4.57 Å². The highest BCUT2D eigenvalue weighted by Crippen LogP contribution is 2.18. The average Bonchev–Trinajstić information content (AvgIpc) is 2.65. The summed E-state index contributed by atoms with van der Waals surface area (Å²) in [5.41, 5.74) is 4.03. The molecule has 0 aliphatic heterocycles. The lowest BCUT2D eigenvalue weighted by Gasteiger charge is -2.08. The molecule has 0 N–H and O–H groups in total. The summed E-state index contributed by atoms with van der Waals surface area (Å²) in [4.78, 5) is 0. The number of hydrogen-bond donors (Lipinski definition) is 0. The average molecular weight is 565 g/mol. The first-order chi connectivity index (χ1) is 11.9. The Balaban J connectivity index is 0.00000121. The molecular weight excluding hydrogens is 544 g/mol. The molecule has 1 nitrogen and oxygen atoms in total. The smallest absolute Gasteiger partial charge is 0.193 e. The van der Waals surface area contributed by atoms with Gasteiger partial charge in [-0.25, -0.2) is 0 Å². The molecule has 3 aromatic carbocycles. The van der Waals surface area contributed by atoms with Gasteiger partial charge >= 0.3 is 0 Å². The van der Waals surface area contributed by atoms with E-state index < -0.39 is 0 Å². The highest BCUT2D eigenvalue weighted by molar-refractivity contribution is 14.0. The summed E-state index contributed by atoms with van der Waals surface area (Å²) in [5, 5.41) is 2.63. The molecule has 3 heteroatoms. The van der Waals surface area contributed by atoms with Gasteiger partial charge in [0.1, 0.15) is 0 Å². The normalized spacial score (nSPS) is 10.0. The highest BCUT2D eigenvalue weighted by atomic mass is 127. The first-order valence-corrected chi connectivity index (χ1v) is 8.38. The zero-order chi connectivity index (χ0) is 16.2. The third-order valence-corrected chi connectivity index (χ3v) is 4.46. The van der Waals surface area contributed by atoms with E-state index in [1.54, 1.807) is 0 Å². The van der Waals surface area contributed by atoms with Gasteiger partial charge in [0, 0.05) is 17.0 Å². The largest absolute Gasteiger partial charge is 1.00 e. The van der Waals surface area contributed by atoms with E-state index in [-0.39, 0.29) is 48.0 Å². The molecule has 0 atom stereocenters. The third-order valence-electron chi connectivity index (χ3n) is 4.46. The SMILES string of the molecule is I.[I-].c1ccc(Cc2c3ccccc3cc[n+]2Cc2ccccc2)cc1. The molecule has 4 rings (SSSR count). The number of aromatic nitrogens is 1. The minimum atomic E-state index is 0. The molecule has 0 aliphatic carbocycles. The van der Waals surface area contributed by atoms with E-state index in [1.165, 1.54) is 27.6 Å². The summed E-state index contributed by atoms with van der Waals surface area (Å²) >= 11 is 0. The van der Waals surface area contributed by atoms with Crippen LogP contribution in [0.25, 0.3) is 10.8 Å². The summed E-state index contributed by atoms with van der Waals surface area (Å²) < 4.78 is 2.38. The Morgan fingerprint density at radius 1 is 0.615 bits per heavy atom. The predicted molar refractivity (Wildman–Crippen MR) is 114 cm³/mol. The number of rotatable bonds is 4. The molecule has 0 bridgehead atoms. The number of pyridine rings is 1. The standard InChI is InChI=1S/C23H20N.2HI/c1-3-9-19(10-4-1)17-23-22-14-8-7-13-21(22)15-16-24(23)18-20-11-5-2-6-12-20;;/h1-16H,17-18H2;2*1H/q+1;;/p-1. The Morgan fingerprint density at radius 3 is 1.88 bits per heavy atom. The lowest BCUT2D eigenvalue weighted by atomic mass is 10.0. The molecule has 0 fully saturated rings. The van der Waals surface area contributed by atoms with Crippen LogP contribution in [-0.2, 0) is 13.0 Å². The van der Waals surface area contributed by atoms with Crippen LogP contribution in [-0.4, -0.2) is 0 Å².